The van der Waals surface area contributed by atoms with E-state index in [1.54, 1.807) is 0 Å². The average molecular weight is 202 g/mol. The Labute approximate surface area is 91.8 Å². The molecule has 0 unspecified atom stereocenters. The summed E-state index contributed by atoms with van der Waals surface area (Å²) in [5.41, 5.74) is 1.42. The molecule has 80 valence electrons. The number of nitrogens with zero attached hydrogens (tertiary/aromatic N) is 2. The monoisotopic (exact) mass is 202 g/mol. The standard InChI is InChI=1S/C13H18N2/c1-2-14-10-11-15(12-14)9-8-13-6-4-3-5-7-13/h3-7,10-11H,2,8-9,12H2,1H3. The maximum atomic E-state index is 2.36. The molecule has 2 rings (SSSR count). The van der Waals surface area contributed by atoms with Crippen LogP contribution in [0.15, 0.2) is 42.7 Å². The average Bonchev–Trinajstić information content (AvgIpc) is 2.76. The van der Waals surface area contributed by atoms with E-state index in [9.17, 15) is 0 Å². The largest absolute Gasteiger partial charge is 0.359 e. The van der Waals surface area contributed by atoms with Crippen LogP contribution in [-0.2, 0) is 6.42 Å². The van der Waals surface area contributed by atoms with Gasteiger partial charge in [-0.2, -0.15) is 0 Å². The van der Waals surface area contributed by atoms with Gasteiger partial charge in [0, 0.05) is 25.5 Å². The number of rotatable bonds is 4. The first-order valence-electron chi connectivity index (χ1n) is 5.59. The normalized spacial score (nSPS) is 15.0. The SMILES string of the molecule is CCN1C=CN(CCc2ccccc2)C1. The Morgan fingerprint density at radius 1 is 1.07 bits per heavy atom. The van der Waals surface area contributed by atoms with Crippen molar-refractivity contribution in [2.24, 2.45) is 0 Å². The molecule has 0 radical (unpaired) electrons. The minimum Gasteiger partial charge on any atom is -0.359 e. The lowest BCUT2D eigenvalue weighted by molar-refractivity contribution is 0.275. The third kappa shape index (κ3) is 2.75. The third-order valence-electron chi connectivity index (χ3n) is 2.79. The van der Waals surface area contributed by atoms with Gasteiger partial charge in [0.05, 0.1) is 6.67 Å². The van der Waals surface area contributed by atoms with Crippen molar-refractivity contribution in [1.82, 2.24) is 9.80 Å². The van der Waals surface area contributed by atoms with Crippen molar-refractivity contribution in [2.75, 3.05) is 19.8 Å². The van der Waals surface area contributed by atoms with E-state index < -0.39 is 0 Å². The second kappa shape index (κ2) is 4.87. The zero-order chi connectivity index (χ0) is 10.5. The Morgan fingerprint density at radius 3 is 2.47 bits per heavy atom. The van der Waals surface area contributed by atoms with Crippen LogP contribution in [-0.4, -0.2) is 29.6 Å². The molecule has 0 aromatic heterocycles. The van der Waals surface area contributed by atoms with E-state index in [4.69, 9.17) is 0 Å². The highest BCUT2D eigenvalue weighted by Crippen LogP contribution is 2.07. The summed E-state index contributed by atoms with van der Waals surface area (Å²) in [7, 11) is 0. The van der Waals surface area contributed by atoms with Gasteiger partial charge in [0.2, 0.25) is 0 Å². The van der Waals surface area contributed by atoms with Gasteiger partial charge in [-0.15, -0.1) is 0 Å². The molecule has 15 heavy (non-hydrogen) atoms. The molecule has 1 aromatic carbocycles. The zero-order valence-corrected chi connectivity index (χ0v) is 9.26. The van der Waals surface area contributed by atoms with Crippen LogP contribution in [0.25, 0.3) is 0 Å². The van der Waals surface area contributed by atoms with Crippen LogP contribution in [0, 0.1) is 0 Å². The minimum atomic E-state index is 1.04. The zero-order valence-electron chi connectivity index (χ0n) is 9.26. The Hall–Kier alpha value is -1.44. The van der Waals surface area contributed by atoms with E-state index in [2.05, 4.69) is 59.5 Å². The summed E-state index contributed by atoms with van der Waals surface area (Å²) in [4.78, 5) is 4.67. The molecule has 1 aliphatic heterocycles. The van der Waals surface area contributed by atoms with Gasteiger partial charge in [-0.05, 0) is 18.9 Å². The molecule has 2 nitrogen and oxygen atoms in total. The molecule has 0 spiro atoms. The fourth-order valence-corrected chi connectivity index (χ4v) is 1.78. The molecular weight excluding hydrogens is 184 g/mol. The highest BCUT2D eigenvalue weighted by Gasteiger charge is 2.09. The Kier molecular flexibility index (Phi) is 3.28. The fraction of sp³-hybridized carbons (Fsp3) is 0.385. The van der Waals surface area contributed by atoms with Crippen molar-refractivity contribution in [3.8, 4) is 0 Å². The van der Waals surface area contributed by atoms with Crippen molar-refractivity contribution < 1.29 is 0 Å². The van der Waals surface area contributed by atoms with Gasteiger partial charge in [-0.3, -0.25) is 0 Å². The summed E-state index contributed by atoms with van der Waals surface area (Å²) < 4.78 is 0. The van der Waals surface area contributed by atoms with Gasteiger partial charge in [0.1, 0.15) is 0 Å². The first-order chi connectivity index (χ1) is 7.38. The maximum absolute atomic E-state index is 2.36. The Bertz CT molecular complexity index is 319. The number of hydrogen-bond donors (Lipinski definition) is 0. The summed E-state index contributed by atoms with van der Waals surface area (Å²) in [6.07, 6.45) is 5.49. The lowest BCUT2D eigenvalue weighted by Crippen LogP contribution is -2.26. The van der Waals surface area contributed by atoms with E-state index in [1.807, 2.05) is 0 Å². The molecule has 0 saturated carbocycles. The summed E-state index contributed by atoms with van der Waals surface area (Å²) in [5.74, 6) is 0. The summed E-state index contributed by atoms with van der Waals surface area (Å²) in [5, 5.41) is 0. The van der Waals surface area contributed by atoms with E-state index in [0.29, 0.717) is 0 Å². The molecule has 0 saturated heterocycles. The lowest BCUT2D eigenvalue weighted by Gasteiger charge is -2.19. The second-order valence-electron chi connectivity index (χ2n) is 3.89. The first kappa shape index (κ1) is 10.1. The van der Waals surface area contributed by atoms with E-state index in [1.165, 1.54) is 5.56 Å². The molecule has 0 N–H and O–H groups in total. The maximum Gasteiger partial charge on any atom is 0.0893 e. The van der Waals surface area contributed by atoms with Crippen LogP contribution in [0.2, 0.25) is 0 Å². The van der Waals surface area contributed by atoms with E-state index in [-0.39, 0.29) is 0 Å². The fourth-order valence-electron chi connectivity index (χ4n) is 1.78. The lowest BCUT2D eigenvalue weighted by atomic mass is 10.1. The molecule has 0 fully saturated rings. The quantitative estimate of drug-likeness (QED) is 0.739. The predicted molar refractivity (Wildman–Crippen MR) is 63.2 cm³/mol. The van der Waals surface area contributed by atoms with Crippen molar-refractivity contribution in [3.05, 3.63) is 48.3 Å². The first-order valence-corrected chi connectivity index (χ1v) is 5.59. The molecule has 1 aromatic rings. The van der Waals surface area contributed by atoms with Gasteiger partial charge in [0.15, 0.2) is 0 Å². The second-order valence-corrected chi connectivity index (χ2v) is 3.89. The molecule has 0 bridgehead atoms. The summed E-state index contributed by atoms with van der Waals surface area (Å²) in [6.45, 7) is 5.43. The van der Waals surface area contributed by atoms with Crippen LogP contribution in [0.4, 0.5) is 0 Å². The van der Waals surface area contributed by atoms with Crippen LogP contribution in [0.3, 0.4) is 0 Å². The third-order valence-corrected chi connectivity index (χ3v) is 2.79. The number of hydrogen-bond acceptors (Lipinski definition) is 2. The molecule has 1 aliphatic rings. The van der Waals surface area contributed by atoms with Crippen molar-refractivity contribution in [3.63, 3.8) is 0 Å². The smallest absolute Gasteiger partial charge is 0.0893 e. The van der Waals surface area contributed by atoms with Gasteiger partial charge in [0.25, 0.3) is 0 Å². The molecule has 2 heteroatoms. The van der Waals surface area contributed by atoms with E-state index >= 15 is 0 Å². The Morgan fingerprint density at radius 2 is 1.80 bits per heavy atom. The molecule has 0 amide bonds. The molecule has 0 aliphatic carbocycles. The molecule has 1 heterocycles. The van der Waals surface area contributed by atoms with E-state index in [0.717, 1.165) is 26.2 Å². The number of benzene rings is 1. The molecular formula is C13H18N2. The van der Waals surface area contributed by atoms with Gasteiger partial charge in [-0.1, -0.05) is 30.3 Å². The van der Waals surface area contributed by atoms with Gasteiger partial charge >= 0.3 is 0 Å². The van der Waals surface area contributed by atoms with Gasteiger partial charge < -0.3 is 9.80 Å². The van der Waals surface area contributed by atoms with Crippen LogP contribution in [0.5, 0.6) is 0 Å². The van der Waals surface area contributed by atoms with Crippen LogP contribution >= 0.6 is 0 Å². The van der Waals surface area contributed by atoms with Crippen LogP contribution in [0.1, 0.15) is 12.5 Å². The van der Waals surface area contributed by atoms with Gasteiger partial charge in [-0.25, -0.2) is 0 Å². The minimum absolute atomic E-state index is 1.04. The predicted octanol–water partition coefficient (Wildman–Crippen LogP) is 2.30. The summed E-state index contributed by atoms with van der Waals surface area (Å²) in [6, 6.07) is 10.7. The summed E-state index contributed by atoms with van der Waals surface area (Å²) >= 11 is 0. The van der Waals surface area contributed by atoms with Crippen molar-refractivity contribution >= 4 is 0 Å². The van der Waals surface area contributed by atoms with Crippen molar-refractivity contribution in [2.45, 2.75) is 13.3 Å². The highest BCUT2D eigenvalue weighted by atomic mass is 15.3. The van der Waals surface area contributed by atoms with Crippen LogP contribution < -0.4 is 0 Å². The topological polar surface area (TPSA) is 6.48 Å². The highest BCUT2D eigenvalue weighted by molar-refractivity contribution is 5.15. The molecule has 0 atom stereocenters. The van der Waals surface area contributed by atoms with Crippen molar-refractivity contribution in [1.29, 1.82) is 0 Å². The Balaban J connectivity index is 1.78.